The second-order valence-electron chi connectivity index (χ2n) is 7.08. The highest BCUT2D eigenvalue weighted by atomic mass is 16.5. The Morgan fingerprint density at radius 2 is 1.92 bits per heavy atom. The molecule has 1 atom stereocenters. The Kier molecular flexibility index (Phi) is 7.00. The molecule has 1 aromatic carbocycles. The first kappa shape index (κ1) is 18.8. The Labute approximate surface area is 157 Å². The summed E-state index contributed by atoms with van der Waals surface area (Å²) in [6.07, 6.45) is 3.63. The van der Waals surface area contributed by atoms with Crippen LogP contribution in [0.3, 0.4) is 0 Å². The number of rotatable bonds is 8. The molecule has 1 aliphatic rings. The summed E-state index contributed by atoms with van der Waals surface area (Å²) in [6, 6.07) is 12.8. The monoisotopic (exact) mass is 354 g/mol. The van der Waals surface area contributed by atoms with Crippen molar-refractivity contribution in [3.05, 3.63) is 59.9 Å². The lowest BCUT2D eigenvalue weighted by atomic mass is 10.2. The van der Waals surface area contributed by atoms with Gasteiger partial charge in [-0.25, -0.2) is 0 Å². The van der Waals surface area contributed by atoms with Crippen LogP contribution in [0.15, 0.2) is 48.8 Å². The maximum atomic E-state index is 6.01. The van der Waals surface area contributed by atoms with Crippen LogP contribution >= 0.6 is 0 Å². The van der Waals surface area contributed by atoms with E-state index in [2.05, 4.69) is 46.2 Å². The number of pyridine rings is 1. The van der Waals surface area contributed by atoms with Crippen molar-refractivity contribution in [2.45, 2.75) is 26.1 Å². The van der Waals surface area contributed by atoms with E-state index in [-0.39, 0.29) is 0 Å². The van der Waals surface area contributed by atoms with Crippen LogP contribution in [0, 0.1) is 0 Å². The highest BCUT2D eigenvalue weighted by molar-refractivity contribution is 5.33. The van der Waals surface area contributed by atoms with Gasteiger partial charge in [-0.05, 0) is 26.1 Å². The molecule has 1 N–H and O–H groups in total. The number of hydrogen-bond acceptors (Lipinski definition) is 5. The summed E-state index contributed by atoms with van der Waals surface area (Å²) in [5.41, 5.74) is 2.28. The van der Waals surface area contributed by atoms with Gasteiger partial charge in [0.1, 0.15) is 12.4 Å². The first-order chi connectivity index (χ1) is 12.7. The quantitative estimate of drug-likeness (QED) is 0.788. The van der Waals surface area contributed by atoms with Gasteiger partial charge in [-0.2, -0.15) is 0 Å². The van der Waals surface area contributed by atoms with Crippen LogP contribution in [-0.4, -0.2) is 60.6 Å². The molecule has 1 aromatic heterocycles. The molecule has 2 heterocycles. The predicted octanol–water partition coefficient (Wildman–Crippen LogP) is 2.39. The van der Waals surface area contributed by atoms with Crippen molar-refractivity contribution in [2.24, 2.45) is 0 Å². The van der Waals surface area contributed by atoms with Gasteiger partial charge in [0.05, 0.1) is 0 Å². The smallest absolute Gasteiger partial charge is 0.124 e. The average molecular weight is 354 g/mol. The van der Waals surface area contributed by atoms with Crippen LogP contribution in [-0.2, 0) is 13.2 Å². The second kappa shape index (κ2) is 9.67. The summed E-state index contributed by atoms with van der Waals surface area (Å²) in [5.74, 6) is 0.941. The van der Waals surface area contributed by atoms with Crippen molar-refractivity contribution < 1.29 is 4.74 Å². The zero-order valence-electron chi connectivity index (χ0n) is 15.9. The molecule has 0 aliphatic carbocycles. The zero-order valence-corrected chi connectivity index (χ0v) is 15.9. The number of nitrogens with zero attached hydrogens (tertiary/aromatic N) is 3. The van der Waals surface area contributed by atoms with Crippen molar-refractivity contribution >= 4 is 0 Å². The van der Waals surface area contributed by atoms with Gasteiger partial charge in [-0.3, -0.25) is 9.88 Å². The number of aromatic nitrogens is 1. The molecule has 3 rings (SSSR count). The largest absolute Gasteiger partial charge is 0.489 e. The van der Waals surface area contributed by atoms with Gasteiger partial charge < -0.3 is 15.0 Å². The second-order valence-corrected chi connectivity index (χ2v) is 7.08. The maximum Gasteiger partial charge on any atom is 0.124 e. The highest BCUT2D eigenvalue weighted by Gasteiger charge is 2.18. The fraction of sp³-hybridized carbons (Fsp3) is 0.476. The molecule has 0 amide bonds. The predicted molar refractivity (Wildman–Crippen MR) is 105 cm³/mol. The molecule has 140 valence electrons. The minimum atomic E-state index is 0.544. The molecule has 2 aromatic rings. The van der Waals surface area contributed by atoms with Gasteiger partial charge in [0, 0.05) is 68.8 Å². The molecular weight excluding hydrogens is 324 g/mol. The zero-order chi connectivity index (χ0) is 18.2. The molecule has 0 spiro atoms. The lowest BCUT2D eigenvalue weighted by Gasteiger charge is -2.36. The number of nitrogens with one attached hydrogen (secondary N) is 1. The van der Waals surface area contributed by atoms with Gasteiger partial charge in [-0.1, -0.05) is 24.3 Å². The standard InChI is InChI=1S/C21H30N4O/c1-18(25-12-10-24(2)11-13-25)14-23-16-20-7-3-4-8-21(20)26-17-19-6-5-9-22-15-19/h3-9,15,18,23H,10-14,16-17H2,1-2H3. The van der Waals surface area contributed by atoms with Crippen molar-refractivity contribution in [3.63, 3.8) is 0 Å². The van der Waals surface area contributed by atoms with E-state index in [4.69, 9.17) is 4.74 Å². The van der Waals surface area contributed by atoms with Crippen molar-refractivity contribution in [3.8, 4) is 5.75 Å². The van der Waals surface area contributed by atoms with Crippen LogP contribution in [0.1, 0.15) is 18.1 Å². The molecule has 1 aliphatic heterocycles. The molecule has 1 fully saturated rings. The van der Waals surface area contributed by atoms with E-state index in [1.807, 2.05) is 30.5 Å². The summed E-state index contributed by atoms with van der Waals surface area (Å²) in [6.45, 7) is 9.30. The number of piperazine rings is 1. The summed E-state index contributed by atoms with van der Waals surface area (Å²) in [7, 11) is 2.20. The van der Waals surface area contributed by atoms with E-state index in [0.29, 0.717) is 12.6 Å². The number of para-hydroxylation sites is 1. The number of hydrogen-bond donors (Lipinski definition) is 1. The molecule has 0 saturated carbocycles. The lowest BCUT2D eigenvalue weighted by Crippen LogP contribution is -2.50. The topological polar surface area (TPSA) is 40.6 Å². The Balaban J connectivity index is 1.47. The Bertz CT molecular complexity index is 656. The summed E-state index contributed by atoms with van der Waals surface area (Å²) >= 11 is 0. The molecule has 0 bridgehead atoms. The van der Waals surface area contributed by atoms with Gasteiger partial charge in [0.2, 0.25) is 0 Å². The first-order valence-electron chi connectivity index (χ1n) is 9.45. The Morgan fingerprint density at radius 3 is 2.69 bits per heavy atom. The Morgan fingerprint density at radius 1 is 1.12 bits per heavy atom. The molecular formula is C21H30N4O. The summed E-state index contributed by atoms with van der Waals surface area (Å²) in [4.78, 5) is 9.10. The minimum absolute atomic E-state index is 0.544. The molecule has 5 heteroatoms. The van der Waals surface area contributed by atoms with Gasteiger partial charge in [-0.15, -0.1) is 0 Å². The molecule has 26 heavy (non-hydrogen) atoms. The van der Waals surface area contributed by atoms with Crippen LogP contribution in [0.25, 0.3) is 0 Å². The average Bonchev–Trinajstić information content (AvgIpc) is 2.68. The SMILES string of the molecule is CC(CNCc1ccccc1OCc1cccnc1)N1CCN(C)CC1. The molecule has 0 radical (unpaired) electrons. The molecule has 5 nitrogen and oxygen atoms in total. The third-order valence-electron chi connectivity index (χ3n) is 5.01. The number of benzene rings is 1. The summed E-state index contributed by atoms with van der Waals surface area (Å²) in [5, 5.41) is 3.60. The van der Waals surface area contributed by atoms with Gasteiger partial charge in [0.25, 0.3) is 0 Å². The van der Waals surface area contributed by atoms with Crippen molar-refractivity contribution in [2.75, 3.05) is 39.8 Å². The van der Waals surface area contributed by atoms with Crippen LogP contribution in [0.5, 0.6) is 5.75 Å². The fourth-order valence-corrected chi connectivity index (χ4v) is 3.24. The first-order valence-corrected chi connectivity index (χ1v) is 9.45. The van der Waals surface area contributed by atoms with Gasteiger partial charge in [0.15, 0.2) is 0 Å². The molecule has 1 unspecified atom stereocenters. The van der Waals surface area contributed by atoms with E-state index in [1.165, 1.54) is 5.56 Å². The highest BCUT2D eigenvalue weighted by Crippen LogP contribution is 2.19. The maximum absolute atomic E-state index is 6.01. The molecule has 1 saturated heterocycles. The van der Waals surface area contributed by atoms with Crippen LogP contribution < -0.4 is 10.1 Å². The van der Waals surface area contributed by atoms with E-state index in [9.17, 15) is 0 Å². The lowest BCUT2D eigenvalue weighted by molar-refractivity contribution is 0.117. The number of likely N-dealkylation sites (N-methyl/N-ethyl adjacent to an activating group) is 1. The van der Waals surface area contributed by atoms with E-state index >= 15 is 0 Å². The third-order valence-corrected chi connectivity index (χ3v) is 5.01. The Hall–Kier alpha value is -1.95. The number of ether oxygens (including phenoxy) is 1. The van der Waals surface area contributed by atoms with Crippen LogP contribution in [0.2, 0.25) is 0 Å². The van der Waals surface area contributed by atoms with Crippen molar-refractivity contribution in [1.82, 2.24) is 20.1 Å². The van der Waals surface area contributed by atoms with Crippen molar-refractivity contribution in [1.29, 1.82) is 0 Å². The van der Waals surface area contributed by atoms with Crippen LogP contribution in [0.4, 0.5) is 0 Å². The van der Waals surface area contributed by atoms with Gasteiger partial charge >= 0.3 is 0 Å². The fourth-order valence-electron chi connectivity index (χ4n) is 3.24. The normalized spacial score (nSPS) is 17.2. The third kappa shape index (κ3) is 5.53. The minimum Gasteiger partial charge on any atom is -0.489 e. The van der Waals surface area contributed by atoms with E-state index < -0.39 is 0 Å². The van der Waals surface area contributed by atoms with E-state index in [0.717, 1.165) is 50.6 Å². The van der Waals surface area contributed by atoms with E-state index in [1.54, 1.807) is 6.20 Å². The summed E-state index contributed by atoms with van der Waals surface area (Å²) < 4.78 is 6.01.